The summed E-state index contributed by atoms with van der Waals surface area (Å²) in [6.45, 7) is 4.03. The first-order chi connectivity index (χ1) is 9.13. The van der Waals surface area contributed by atoms with Gasteiger partial charge in [0.05, 0.1) is 11.3 Å². The average molecular weight is 263 g/mol. The van der Waals surface area contributed by atoms with Gasteiger partial charge in [0.25, 0.3) is 0 Å². The largest absolute Gasteiger partial charge is 0.478 e. The van der Waals surface area contributed by atoms with Gasteiger partial charge in [0.1, 0.15) is 0 Å². The predicted molar refractivity (Wildman–Crippen MR) is 75.5 cm³/mol. The fraction of sp³-hybridized carbons (Fsp3) is 0.571. The second-order valence-electron chi connectivity index (χ2n) is 5.12. The molecule has 1 fully saturated rings. The minimum absolute atomic E-state index is 0.140. The van der Waals surface area contributed by atoms with Crippen molar-refractivity contribution in [2.75, 3.05) is 23.7 Å². The third-order valence-corrected chi connectivity index (χ3v) is 3.81. The predicted octanol–water partition coefficient (Wildman–Crippen LogP) is 2.38. The molecule has 2 heterocycles. The van der Waals surface area contributed by atoms with E-state index in [1.54, 1.807) is 0 Å². The molecule has 0 spiro atoms. The molecule has 0 bridgehead atoms. The van der Waals surface area contributed by atoms with Gasteiger partial charge in [0.15, 0.2) is 5.82 Å². The number of nitrogens with zero attached hydrogens (tertiary/aromatic N) is 2. The number of carboxylic acid groups (broad SMARTS) is 1. The monoisotopic (exact) mass is 263 g/mol. The molecule has 0 atom stereocenters. The minimum Gasteiger partial charge on any atom is -0.478 e. The van der Waals surface area contributed by atoms with Crippen LogP contribution in [0, 0.1) is 5.92 Å². The van der Waals surface area contributed by atoms with Gasteiger partial charge in [-0.1, -0.05) is 19.8 Å². The standard InChI is InChI=1S/C14H21N3O2/c1-2-3-10-5-8-17(9-6-10)13-12(15)11(14(18)19)4-7-16-13/h4,7,10H,2-3,5-6,8-9,15H2,1H3,(H,18,19). The first-order valence-corrected chi connectivity index (χ1v) is 6.86. The van der Waals surface area contributed by atoms with Gasteiger partial charge in [-0.2, -0.15) is 0 Å². The summed E-state index contributed by atoms with van der Waals surface area (Å²) in [7, 11) is 0. The molecule has 1 aromatic rings. The topological polar surface area (TPSA) is 79.5 Å². The Morgan fingerprint density at radius 1 is 1.53 bits per heavy atom. The molecule has 3 N–H and O–H groups in total. The van der Waals surface area contributed by atoms with Gasteiger partial charge in [-0.25, -0.2) is 9.78 Å². The van der Waals surface area contributed by atoms with Gasteiger partial charge in [-0.05, 0) is 24.8 Å². The SMILES string of the molecule is CCCC1CCN(c2nccc(C(=O)O)c2N)CC1. The van der Waals surface area contributed by atoms with Crippen molar-refractivity contribution >= 4 is 17.5 Å². The van der Waals surface area contributed by atoms with Crippen LogP contribution in [-0.4, -0.2) is 29.1 Å². The average Bonchev–Trinajstić information content (AvgIpc) is 2.40. The van der Waals surface area contributed by atoms with Crippen molar-refractivity contribution in [3.63, 3.8) is 0 Å². The van der Waals surface area contributed by atoms with Crippen LogP contribution < -0.4 is 10.6 Å². The number of hydrogen-bond acceptors (Lipinski definition) is 4. The van der Waals surface area contributed by atoms with E-state index in [0.29, 0.717) is 5.82 Å². The Labute approximate surface area is 113 Å². The normalized spacial score (nSPS) is 16.6. The second kappa shape index (κ2) is 5.91. The van der Waals surface area contributed by atoms with E-state index in [0.717, 1.165) is 31.8 Å². The second-order valence-corrected chi connectivity index (χ2v) is 5.12. The summed E-state index contributed by atoms with van der Waals surface area (Å²) in [5.74, 6) is 0.405. The highest BCUT2D eigenvalue weighted by Gasteiger charge is 2.22. The van der Waals surface area contributed by atoms with Crippen LogP contribution in [0.4, 0.5) is 11.5 Å². The molecule has 1 saturated heterocycles. The quantitative estimate of drug-likeness (QED) is 0.871. The van der Waals surface area contributed by atoms with Crippen molar-refractivity contribution in [3.8, 4) is 0 Å². The van der Waals surface area contributed by atoms with Crippen molar-refractivity contribution in [3.05, 3.63) is 17.8 Å². The van der Waals surface area contributed by atoms with Crippen LogP contribution in [-0.2, 0) is 0 Å². The fourth-order valence-electron chi connectivity index (χ4n) is 2.74. The molecule has 0 aliphatic carbocycles. The number of anilines is 2. The third-order valence-electron chi connectivity index (χ3n) is 3.81. The van der Waals surface area contributed by atoms with Gasteiger partial charge < -0.3 is 15.7 Å². The van der Waals surface area contributed by atoms with Crippen molar-refractivity contribution in [1.29, 1.82) is 0 Å². The number of aromatic carboxylic acids is 1. The molecule has 5 heteroatoms. The molecule has 1 aliphatic rings. The van der Waals surface area contributed by atoms with E-state index in [2.05, 4.69) is 16.8 Å². The Balaban J connectivity index is 2.11. The lowest BCUT2D eigenvalue weighted by Gasteiger charge is -2.33. The molecule has 2 rings (SSSR count). The van der Waals surface area contributed by atoms with Crippen molar-refractivity contribution in [2.24, 2.45) is 5.92 Å². The van der Waals surface area contributed by atoms with Crippen LogP contribution in [0.25, 0.3) is 0 Å². The summed E-state index contributed by atoms with van der Waals surface area (Å²) < 4.78 is 0. The molecule has 5 nitrogen and oxygen atoms in total. The lowest BCUT2D eigenvalue weighted by Crippen LogP contribution is -2.35. The van der Waals surface area contributed by atoms with Crippen LogP contribution >= 0.6 is 0 Å². The van der Waals surface area contributed by atoms with Crippen LogP contribution in [0.1, 0.15) is 43.0 Å². The molecule has 1 aliphatic heterocycles. The summed E-state index contributed by atoms with van der Waals surface area (Å²) in [5.41, 5.74) is 6.34. The summed E-state index contributed by atoms with van der Waals surface area (Å²) in [6.07, 6.45) is 6.28. The number of hydrogen-bond donors (Lipinski definition) is 2. The highest BCUT2D eigenvalue weighted by molar-refractivity contribution is 5.96. The lowest BCUT2D eigenvalue weighted by atomic mass is 9.92. The summed E-state index contributed by atoms with van der Waals surface area (Å²) >= 11 is 0. The zero-order valence-electron chi connectivity index (χ0n) is 11.3. The molecule has 0 aromatic carbocycles. The highest BCUT2D eigenvalue weighted by atomic mass is 16.4. The first kappa shape index (κ1) is 13.6. The van der Waals surface area contributed by atoms with E-state index >= 15 is 0 Å². The Kier molecular flexibility index (Phi) is 4.24. The van der Waals surface area contributed by atoms with Gasteiger partial charge in [-0.3, -0.25) is 0 Å². The van der Waals surface area contributed by atoms with Crippen LogP contribution in [0.3, 0.4) is 0 Å². The minimum atomic E-state index is -0.998. The molecule has 0 amide bonds. The summed E-state index contributed by atoms with van der Waals surface area (Å²) in [6, 6.07) is 1.45. The zero-order chi connectivity index (χ0) is 13.8. The van der Waals surface area contributed by atoms with Crippen molar-refractivity contribution in [2.45, 2.75) is 32.6 Å². The van der Waals surface area contributed by atoms with Gasteiger partial charge in [0, 0.05) is 19.3 Å². The maximum atomic E-state index is 11.1. The van der Waals surface area contributed by atoms with E-state index in [9.17, 15) is 4.79 Å². The highest BCUT2D eigenvalue weighted by Crippen LogP contribution is 2.29. The van der Waals surface area contributed by atoms with E-state index in [4.69, 9.17) is 10.8 Å². The molecule has 0 saturated carbocycles. The molecule has 0 radical (unpaired) electrons. The van der Waals surface area contributed by atoms with E-state index in [-0.39, 0.29) is 11.3 Å². The fourth-order valence-corrected chi connectivity index (χ4v) is 2.74. The van der Waals surface area contributed by atoms with Crippen LogP contribution in [0.2, 0.25) is 0 Å². The third kappa shape index (κ3) is 2.97. The van der Waals surface area contributed by atoms with E-state index in [1.807, 2.05) is 0 Å². The van der Waals surface area contributed by atoms with Gasteiger partial charge in [-0.15, -0.1) is 0 Å². The number of nitrogen functional groups attached to an aromatic ring is 1. The molecular formula is C14H21N3O2. The maximum absolute atomic E-state index is 11.1. The lowest BCUT2D eigenvalue weighted by molar-refractivity contribution is 0.0698. The number of piperidine rings is 1. The smallest absolute Gasteiger partial charge is 0.337 e. The number of rotatable bonds is 4. The molecule has 19 heavy (non-hydrogen) atoms. The number of carboxylic acids is 1. The Morgan fingerprint density at radius 2 is 2.21 bits per heavy atom. The molecule has 104 valence electrons. The summed E-state index contributed by atoms with van der Waals surface area (Å²) in [4.78, 5) is 17.4. The van der Waals surface area contributed by atoms with Crippen LogP contribution in [0.15, 0.2) is 12.3 Å². The van der Waals surface area contributed by atoms with E-state index < -0.39 is 5.97 Å². The zero-order valence-corrected chi connectivity index (χ0v) is 11.3. The Morgan fingerprint density at radius 3 is 2.79 bits per heavy atom. The Hall–Kier alpha value is -1.78. The molecule has 0 unspecified atom stereocenters. The van der Waals surface area contributed by atoms with Gasteiger partial charge >= 0.3 is 5.97 Å². The number of nitrogens with two attached hydrogens (primary N) is 1. The van der Waals surface area contributed by atoms with Crippen LogP contribution in [0.5, 0.6) is 0 Å². The van der Waals surface area contributed by atoms with E-state index in [1.165, 1.54) is 25.1 Å². The number of aromatic nitrogens is 1. The van der Waals surface area contributed by atoms with Gasteiger partial charge in [0.2, 0.25) is 0 Å². The summed E-state index contributed by atoms with van der Waals surface area (Å²) in [5, 5.41) is 9.07. The van der Waals surface area contributed by atoms with Crippen molar-refractivity contribution in [1.82, 2.24) is 4.98 Å². The molecular weight excluding hydrogens is 242 g/mol. The molecule has 1 aromatic heterocycles. The maximum Gasteiger partial charge on any atom is 0.337 e. The number of pyridine rings is 1. The number of carbonyl (C=O) groups is 1. The first-order valence-electron chi connectivity index (χ1n) is 6.86. The Bertz CT molecular complexity index is 454. The van der Waals surface area contributed by atoms with Crippen molar-refractivity contribution < 1.29 is 9.90 Å².